The second kappa shape index (κ2) is 7.30. The lowest BCUT2D eigenvalue weighted by Gasteiger charge is -2.26. The van der Waals surface area contributed by atoms with Crippen LogP contribution in [0.1, 0.15) is 27.7 Å². The fourth-order valence-electron chi connectivity index (χ4n) is 1.25. The number of hydrogen-bond donors (Lipinski definition) is 2. The Kier molecular flexibility index (Phi) is 7.23. The molecule has 0 aromatic rings. The molecule has 0 atom stereocenters. The highest BCUT2D eigenvalue weighted by molar-refractivity contribution is 4.64. The van der Waals surface area contributed by atoms with Gasteiger partial charge in [0.15, 0.2) is 0 Å². The van der Waals surface area contributed by atoms with Gasteiger partial charge in [0.25, 0.3) is 0 Å². The summed E-state index contributed by atoms with van der Waals surface area (Å²) in [5, 5.41) is 12.2. The van der Waals surface area contributed by atoms with Crippen molar-refractivity contribution in [1.82, 2.24) is 10.2 Å². The summed E-state index contributed by atoms with van der Waals surface area (Å²) in [4.78, 5) is 2.27. The SMILES string of the molecule is CC(C)NCCN(CCO)C(C)C. The molecule has 0 rings (SSSR count). The van der Waals surface area contributed by atoms with Gasteiger partial charge in [0, 0.05) is 31.7 Å². The van der Waals surface area contributed by atoms with E-state index in [0.717, 1.165) is 19.6 Å². The lowest BCUT2D eigenvalue weighted by molar-refractivity contribution is 0.165. The Labute approximate surface area is 82.1 Å². The molecule has 0 aliphatic rings. The van der Waals surface area contributed by atoms with Crippen molar-refractivity contribution in [1.29, 1.82) is 0 Å². The van der Waals surface area contributed by atoms with Gasteiger partial charge in [0.1, 0.15) is 0 Å². The van der Waals surface area contributed by atoms with Crippen LogP contribution in [-0.2, 0) is 0 Å². The first-order valence-corrected chi connectivity index (χ1v) is 5.16. The van der Waals surface area contributed by atoms with E-state index < -0.39 is 0 Å². The van der Waals surface area contributed by atoms with E-state index in [1.807, 2.05) is 0 Å². The molecule has 0 bridgehead atoms. The molecule has 0 aromatic carbocycles. The first-order chi connectivity index (χ1) is 6.07. The van der Waals surface area contributed by atoms with Crippen LogP contribution in [-0.4, -0.2) is 48.3 Å². The monoisotopic (exact) mass is 188 g/mol. The van der Waals surface area contributed by atoms with Gasteiger partial charge in [-0.3, -0.25) is 4.90 Å². The maximum atomic E-state index is 8.83. The fraction of sp³-hybridized carbons (Fsp3) is 1.00. The summed E-state index contributed by atoms with van der Waals surface area (Å²) in [7, 11) is 0. The third-order valence-corrected chi connectivity index (χ3v) is 2.07. The maximum Gasteiger partial charge on any atom is 0.0558 e. The molecule has 0 spiro atoms. The lowest BCUT2D eigenvalue weighted by atomic mass is 10.3. The minimum Gasteiger partial charge on any atom is -0.395 e. The molecule has 0 saturated heterocycles. The van der Waals surface area contributed by atoms with Gasteiger partial charge in [-0.2, -0.15) is 0 Å². The van der Waals surface area contributed by atoms with E-state index in [2.05, 4.69) is 37.9 Å². The molecule has 0 amide bonds. The highest BCUT2D eigenvalue weighted by atomic mass is 16.3. The average molecular weight is 188 g/mol. The number of nitrogens with zero attached hydrogens (tertiary/aromatic N) is 1. The van der Waals surface area contributed by atoms with E-state index in [1.165, 1.54) is 0 Å². The summed E-state index contributed by atoms with van der Waals surface area (Å²) in [6.07, 6.45) is 0. The molecule has 0 aromatic heterocycles. The third kappa shape index (κ3) is 6.99. The van der Waals surface area contributed by atoms with E-state index in [4.69, 9.17) is 5.11 Å². The van der Waals surface area contributed by atoms with Gasteiger partial charge in [0.05, 0.1) is 6.61 Å². The van der Waals surface area contributed by atoms with Crippen molar-refractivity contribution >= 4 is 0 Å². The van der Waals surface area contributed by atoms with E-state index >= 15 is 0 Å². The smallest absolute Gasteiger partial charge is 0.0558 e. The largest absolute Gasteiger partial charge is 0.395 e. The van der Waals surface area contributed by atoms with Crippen molar-refractivity contribution < 1.29 is 5.11 Å². The van der Waals surface area contributed by atoms with Crippen LogP contribution in [0.5, 0.6) is 0 Å². The first kappa shape index (κ1) is 12.9. The Morgan fingerprint density at radius 1 is 1.15 bits per heavy atom. The number of rotatable bonds is 7. The van der Waals surface area contributed by atoms with Gasteiger partial charge in [-0.25, -0.2) is 0 Å². The topological polar surface area (TPSA) is 35.5 Å². The van der Waals surface area contributed by atoms with Crippen LogP contribution in [0.4, 0.5) is 0 Å². The molecule has 0 heterocycles. The number of nitrogens with one attached hydrogen (secondary N) is 1. The summed E-state index contributed by atoms with van der Waals surface area (Å²) in [5.74, 6) is 0. The van der Waals surface area contributed by atoms with E-state index in [-0.39, 0.29) is 6.61 Å². The summed E-state index contributed by atoms with van der Waals surface area (Å²) in [6.45, 7) is 11.6. The second-order valence-electron chi connectivity index (χ2n) is 3.96. The predicted octanol–water partition coefficient (Wildman–Crippen LogP) is 0.687. The Morgan fingerprint density at radius 2 is 1.77 bits per heavy atom. The van der Waals surface area contributed by atoms with Crippen molar-refractivity contribution in [2.45, 2.75) is 39.8 Å². The third-order valence-electron chi connectivity index (χ3n) is 2.07. The minimum absolute atomic E-state index is 0.250. The van der Waals surface area contributed by atoms with Gasteiger partial charge in [0.2, 0.25) is 0 Å². The molecule has 0 aliphatic carbocycles. The fourth-order valence-corrected chi connectivity index (χ4v) is 1.25. The second-order valence-corrected chi connectivity index (χ2v) is 3.96. The summed E-state index contributed by atoms with van der Waals surface area (Å²) < 4.78 is 0. The van der Waals surface area contributed by atoms with Gasteiger partial charge >= 0.3 is 0 Å². The highest BCUT2D eigenvalue weighted by Crippen LogP contribution is 1.95. The molecular formula is C10H24N2O. The average Bonchev–Trinajstić information content (AvgIpc) is 2.02. The Balaban J connectivity index is 3.57. The van der Waals surface area contributed by atoms with Gasteiger partial charge in [-0.05, 0) is 13.8 Å². The standard InChI is InChI=1S/C10H24N2O/c1-9(2)11-5-6-12(7-8-13)10(3)4/h9-11,13H,5-8H2,1-4H3. The number of aliphatic hydroxyl groups is 1. The molecule has 2 N–H and O–H groups in total. The van der Waals surface area contributed by atoms with Gasteiger partial charge in [-0.1, -0.05) is 13.8 Å². The molecule has 80 valence electrons. The molecule has 0 unspecified atom stereocenters. The van der Waals surface area contributed by atoms with E-state index in [1.54, 1.807) is 0 Å². The van der Waals surface area contributed by atoms with E-state index in [9.17, 15) is 0 Å². The molecule has 0 fully saturated rings. The van der Waals surface area contributed by atoms with Crippen LogP contribution >= 0.6 is 0 Å². The zero-order chi connectivity index (χ0) is 10.3. The van der Waals surface area contributed by atoms with Crippen molar-refractivity contribution in [2.75, 3.05) is 26.2 Å². The Bertz CT molecular complexity index is 115. The minimum atomic E-state index is 0.250. The normalized spacial score (nSPS) is 12.0. The summed E-state index contributed by atoms with van der Waals surface area (Å²) >= 11 is 0. The molecule has 3 heteroatoms. The summed E-state index contributed by atoms with van der Waals surface area (Å²) in [6, 6.07) is 1.06. The number of hydrogen-bond acceptors (Lipinski definition) is 3. The Hall–Kier alpha value is -0.120. The van der Waals surface area contributed by atoms with Crippen molar-refractivity contribution in [3.8, 4) is 0 Å². The van der Waals surface area contributed by atoms with Crippen LogP contribution in [0, 0.1) is 0 Å². The molecule has 0 aliphatic heterocycles. The zero-order valence-electron chi connectivity index (χ0n) is 9.38. The van der Waals surface area contributed by atoms with Crippen LogP contribution in [0.2, 0.25) is 0 Å². The molecule has 3 nitrogen and oxygen atoms in total. The zero-order valence-corrected chi connectivity index (χ0v) is 9.38. The molecular weight excluding hydrogens is 164 g/mol. The van der Waals surface area contributed by atoms with Crippen LogP contribution < -0.4 is 5.32 Å². The quantitative estimate of drug-likeness (QED) is 0.617. The highest BCUT2D eigenvalue weighted by Gasteiger charge is 2.07. The van der Waals surface area contributed by atoms with Gasteiger partial charge < -0.3 is 10.4 Å². The molecule has 0 radical (unpaired) electrons. The lowest BCUT2D eigenvalue weighted by Crippen LogP contribution is -2.40. The Morgan fingerprint density at radius 3 is 2.15 bits per heavy atom. The van der Waals surface area contributed by atoms with Crippen molar-refractivity contribution in [2.24, 2.45) is 0 Å². The summed E-state index contributed by atoms with van der Waals surface area (Å²) in [5.41, 5.74) is 0. The van der Waals surface area contributed by atoms with Crippen LogP contribution in [0.3, 0.4) is 0 Å². The maximum absolute atomic E-state index is 8.83. The van der Waals surface area contributed by atoms with Crippen molar-refractivity contribution in [3.63, 3.8) is 0 Å². The predicted molar refractivity (Wildman–Crippen MR) is 56.9 cm³/mol. The molecule has 0 saturated carbocycles. The first-order valence-electron chi connectivity index (χ1n) is 5.16. The van der Waals surface area contributed by atoms with Crippen LogP contribution in [0.15, 0.2) is 0 Å². The number of aliphatic hydroxyl groups excluding tert-OH is 1. The van der Waals surface area contributed by atoms with Gasteiger partial charge in [-0.15, -0.1) is 0 Å². The van der Waals surface area contributed by atoms with E-state index in [0.29, 0.717) is 12.1 Å². The van der Waals surface area contributed by atoms with Crippen molar-refractivity contribution in [3.05, 3.63) is 0 Å². The van der Waals surface area contributed by atoms with Crippen LogP contribution in [0.25, 0.3) is 0 Å². The molecule has 13 heavy (non-hydrogen) atoms.